The Morgan fingerprint density at radius 1 is 1.30 bits per heavy atom. The van der Waals surface area contributed by atoms with Gasteiger partial charge in [0.15, 0.2) is 0 Å². The predicted molar refractivity (Wildman–Crippen MR) is 124 cm³/mol. The first-order valence-electron chi connectivity index (χ1n) is 11.3. The fourth-order valence-corrected chi connectivity index (χ4v) is 4.02. The Morgan fingerprint density at radius 2 is 2.07 bits per heavy atom. The normalized spacial score (nSPS) is 24.6. The van der Waals surface area contributed by atoms with E-state index >= 15 is 0 Å². The lowest BCUT2D eigenvalue weighted by Gasteiger charge is -2.15. The zero-order valence-electron chi connectivity index (χ0n) is 19.2. The fourth-order valence-electron chi connectivity index (χ4n) is 4.02. The van der Waals surface area contributed by atoms with Gasteiger partial charge in [-0.05, 0) is 56.4 Å². The molecule has 0 aromatic heterocycles. The number of hydrogen-bond acceptors (Lipinski definition) is 3. The van der Waals surface area contributed by atoms with Crippen LogP contribution in [0.4, 0.5) is 0 Å². The molecule has 162 valence electrons. The maximum atomic E-state index is 12.5. The maximum absolute atomic E-state index is 12.5. The number of unbranched alkanes of at least 4 members (excludes halogenated alkanes) is 3. The Hall–Kier alpha value is -2.46. The predicted octanol–water partition coefficient (Wildman–Crippen LogP) is 5.07. The minimum Gasteiger partial charge on any atom is -0.509 e. The van der Waals surface area contributed by atoms with E-state index in [1.165, 1.54) is 12.8 Å². The number of aliphatic imine (C=N–C) groups is 1. The summed E-state index contributed by atoms with van der Waals surface area (Å²) in [6.45, 7) is 8.35. The highest BCUT2D eigenvalue weighted by atomic mass is 16.3. The van der Waals surface area contributed by atoms with Crippen LogP contribution in [0.1, 0.15) is 72.6 Å². The van der Waals surface area contributed by atoms with Crippen molar-refractivity contribution in [2.24, 2.45) is 16.8 Å². The maximum Gasteiger partial charge on any atom is 0.259 e. The van der Waals surface area contributed by atoms with Crippen molar-refractivity contribution in [1.82, 2.24) is 4.90 Å². The van der Waals surface area contributed by atoms with Gasteiger partial charge in [0.2, 0.25) is 0 Å². The smallest absolute Gasteiger partial charge is 0.259 e. The zero-order chi connectivity index (χ0) is 22.1. The summed E-state index contributed by atoms with van der Waals surface area (Å²) in [5.41, 5.74) is 1.21. The van der Waals surface area contributed by atoms with Gasteiger partial charge < -0.3 is 10.0 Å². The van der Waals surface area contributed by atoms with Crippen LogP contribution >= 0.6 is 0 Å². The third-order valence-electron chi connectivity index (χ3n) is 5.98. The Balaban J connectivity index is 1.84. The number of amides is 1. The molecule has 4 nitrogen and oxygen atoms in total. The van der Waals surface area contributed by atoms with Gasteiger partial charge in [0.25, 0.3) is 5.91 Å². The quantitative estimate of drug-likeness (QED) is 0.450. The van der Waals surface area contributed by atoms with E-state index in [2.05, 4.69) is 50.5 Å². The molecule has 0 saturated heterocycles. The van der Waals surface area contributed by atoms with Gasteiger partial charge in [0.1, 0.15) is 11.3 Å². The van der Waals surface area contributed by atoms with Crippen molar-refractivity contribution in [3.8, 4) is 23.7 Å². The van der Waals surface area contributed by atoms with Gasteiger partial charge in [0.05, 0.1) is 17.8 Å². The van der Waals surface area contributed by atoms with Crippen LogP contribution in [0, 0.1) is 35.5 Å². The summed E-state index contributed by atoms with van der Waals surface area (Å²) in [6, 6.07) is -0.0690. The molecule has 2 unspecified atom stereocenters. The van der Waals surface area contributed by atoms with Crippen LogP contribution in [-0.4, -0.2) is 40.8 Å². The second-order valence-electron chi connectivity index (χ2n) is 8.66. The van der Waals surface area contributed by atoms with Crippen LogP contribution in [0.3, 0.4) is 0 Å². The first-order valence-corrected chi connectivity index (χ1v) is 11.3. The van der Waals surface area contributed by atoms with E-state index in [-0.39, 0.29) is 29.7 Å². The molecule has 0 bridgehead atoms. The Bertz CT molecular complexity index is 829. The summed E-state index contributed by atoms with van der Waals surface area (Å²) >= 11 is 0. The number of nitrogens with zero attached hydrogens (tertiary/aromatic N) is 2. The molecule has 1 N–H and O–H groups in total. The van der Waals surface area contributed by atoms with Gasteiger partial charge in [-0.15, -0.1) is 0 Å². The highest BCUT2D eigenvalue weighted by molar-refractivity contribution is 6.24. The number of hydrogen-bond donors (Lipinski definition) is 1. The minimum absolute atomic E-state index is 0.116. The molecule has 0 aliphatic carbocycles. The second kappa shape index (κ2) is 11.7. The lowest BCUT2D eigenvalue weighted by Crippen LogP contribution is -2.30. The van der Waals surface area contributed by atoms with Gasteiger partial charge in [-0.2, -0.15) is 0 Å². The summed E-state index contributed by atoms with van der Waals surface area (Å²) in [5, 5.41) is 10.4. The van der Waals surface area contributed by atoms with E-state index in [4.69, 9.17) is 4.99 Å². The fraction of sp³-hybridized carbons (Fsp3) is 0.615. The molecule has 2 heterocycles. The van der Waals surface area contributed by atoms with Crippen molar-refractivity contribution in [3.63, 3.8) is 0 Å². The van der Waals surface area contributed by atoms with Crippen molar-refractivity contribution in [2.75, 3.05) is 7.05 Å². The number of aliphatic hydroxyl groups is 1. The summed E-state index contributed by atoms with van der Waals surface area (Å²) in [7, 11) is 1.73. The summed E-state index contributed by atoms with van der Waals surface area (Å²) < 4.78 is 0. The van der Waals surface area contributed by atoms with Crippen LogP contribution in [0.25, 0.3) is 0 Å². The van der Waals surface area contributed by atoms with Crippen molar-refractivity contribution in [2.45, 2.75) is 84.7 Å². The van der Waals surface area contributed by atoms with Crippen molar-refractivity contribution in [1.29, 1.82) is 0 Å². The highest BCUT2D eigenvalue weighted by Crippen LogP contribution is 2.33. The van der Waals surface area contributed by atoms with Crippen molar-refractivity contribution >= 4 is 11.6 Å². The highest BCUT2D eigenvalue weighted by Gasteiger charge is 2.40. The number of aliphatic hydroxyl groups excluding tert-OH is 1. The molecule has 2 aliphatic rings. The average Bonchev–Trinajstić information content (AvgIpc) is 3.15. The molecule has 2 rings (SSSR count). The van der Waals surface area contributed by atoms with E-state index in [1.54, 1.807) is 11.9 Å². The number of likely N-dealkylation sites (N-methyl/N-ethyl adjacent to an activating group) is 1. The number of carbonyl (C=O) groups is 1. The Kier molecular flexibility index (Phi) is 9.25. The van der Waals surface area contributed by atoms with Crippen LogP contribution < -0.4 is 0 Å². The van der Waals surface area contributed by atoms with E-state index in [9.17, 15) is 9.90 Å². The van der Waals surface area contributed by atoms with Crippen LogP contribution in [-0.2, 0) is 4.79 Å². The largest absolute Gasteiger partial charge is 0.509 e. The molecule has 0 radical (unpaired) electrons. The molecule has 4 heteroatoms. The monoisotopic (exact) mass is 408 g/mol. The van der Waals surface area contributed by atoms with Gasteiger partial charge >= 0.3 is 0 Å². The van der Waals surface area contributed by atoms with E-state index in [0.717, 1.165) is 37.8 Å². The van der Waals surface area contributed by atoms with E-state index in [1.807, 2.05) is 13.0 Å². The molecule has 2 aliphatic heterocycles. The van der Waals surface area contributed by atoms with Crippen molar-refractivity contribution < 1.29 is 9.90 Å². The van der Waals surface area contributed by atoms with Crippen LogP contribution in [0.5, 0.6) is 0 Å². The van der Waals surface area contributed by atoms with Gasteiger partial charge in [-0.25, -0.2) is 0 Å². The Morgan fingerprint density at radius 3 is 2.73 bits per heavy atom. The Labute approximate surface area is 182 Å². The number of carbonyl (C=O) groups excluding carboxylic acids is 1. The van der Waals surface area contributed by atoms with E-state index in [0.29, 0.717) is 11.5 Å². The molecule has 4 atom stereocenters. The molecule has 1 amide bonds. The summed E-state index contributed by atoms with van der Waals surface area (Å²) in [5.74, 6) is 12.6. The summed E-state index contributed by atoms with van der Waals surface area (Å²) in [6.07, 6.45) is 11.4. The number of rotatable bonds is 8. The minimum atomic E-state index is -0.271. The molecule has 30 heavy (non-hydrogen) atoms. The standard InChI is InChI=1S/C26H36N2O2/c1-6-7-8-9-10-11-12-13-14-15-16-19(2)17-22-18-20(3)24(27-22)23-25(29)21(4)28(5)26(23)30/h14-15,19-22,29H,6-9,16-18H2,1-5H3/b15-14+/t19?,20-,21?,22+/m0/s1. The molecule has 0 saturated carbocycles. The SMILES string of the molecule is CCCCCC#CC#C/C=C/CC(C)C[C@@H]1C[C@H](C)C(C2=C(O)C(C)N(C)C2=O)=N1. The third kappa shape index (κ3) is 6.27. The lowest BCUT2D eigenvalue weighted by molar-refractivity contribution is -0.125. The first kappa shape index (κ1) is 23.8. The third-order valence-corrected chi connectivity index (χ3v) is 5.98. The van der Waals surface area contributed by atoms with Crippen molar-refractivity contribution in [3.05, 3.63) is 23.5 Å². The molecule has 0 fully saturated rings. The molecule has 0 spiro atoms. The second-order valence-corrected chi connectivity index (χ2v) is 8.66. The molecule has 0 aromatic rings. The molecule has 0 aromatic carbocycles. The van der Waals surface area contributed by atoms with Crippen LogP contribution in [0.2, 0.25) is 0 Å². The van der Waals surface area contributed by atoms with Gasteiger partial charge in [-0.3, -0.25) is 9.79 Å². The molecular weight excluding hydrogens is 372 g/mol. The first-order chi connectivity index (χ1) is 14.4. The van der Waals surface area contributed by atoms with E-state index < -0.39 is 0 Å². The average molecular weight is 409 g/mol. The molecular formula is C26H36N2O2. The van der Waals surface area contributed by atoms with Gasteiger partial charge in [0, 0.05) is 19.4 Å². The van der Waals surface area contributed by atoms with Gasteiger partial charge in [-0.1, -0.05) is 51.5 Å². The van der Waals surface area contributed by atoms with Crippen LogP contribution in [0.15, 0.2) is 28.5 Å². The number of allylic oxidation sites excluding steroid dienone is 2. The lowest BCUT2D eigenvalue weighted by atomic mass is 9.92. The topological polar surface area (TPSA) is 52.9 Å². The zero-order valence-corrected chi connectivity index (χ0v) is 19.2. The summed E-state index contributed by atoms with van der Waals surface area (Å²) in [4.78, 5) is 18.9.